The van der Waals surface area contributed by atoms with Gasteiger partial charge in [0.05, 0.1) is 12.2 Å². The first-order chi connectivity index (χ1) is 14.1. The number of rotatable bonds is 6. The molecule has 6 nitrogen and oxygen atoms in total. The number of amides is 1. The number of carboxylic acid groups (broad SMARTS) is 1. The number of hydrogen-bond donors (Lipinski definition) is 2. The lowest BCUT2D eigenvalue weighted by molar-refractivity contribution is -0.139. The van der Waals surface area contributed by atoms with E-state index in [9.17, 15) is 9.59 Å². The summed E-state index contributed by atoms with van der Waals surface area (Å²) in [5.41, 5.74) is 2.11. The van der Waals surface area contributed by atoms with Crippen molar-refractivity contribution in [2.45, 2.75) is 51.4 Å². The average Bonchev–Trinajstić information content (AvgIpc) is 2.65. The number of halogens is 1. The predicted molar refractivity (Wildman–Crippen MR) is 114 cm³/mol. The van der Waals surface area contributed by atoms with Gasteiger partial charge in [-0.25, -0.2) is 4.79 Å². The summed E-state index contributed by atoms with van der Waals surface area (Å²) in [6.07, 6.45) is 0.411. The van der Waals surface area contributed by atoms with Crippen LogP contribution in [0.1, 0.15) is 55.6 Å². The Hall–Kier alpha value is -2.57. The summed E-state index contributed by atoms with van der Waals surface area (Å²) >= 11 is 6.19. The normalized spacial score (nSPS) is 23.6. The van der Waals surface area contributed by atoms with Crippen molar-refractivity contribution < 1.29 is 24.2 Å². The van der Waals surface area contributed by atoms with Gasteiger partial charge in [-0.1, -0.05) is 35.9 Å². The zero-order valence-corrected chi connectivity index (χ0v) is 18.0. The highest BCUT2D eigenvalue weighted by Gasteiger charge is 2.40. The number of hydrogen-bond acceptors (Lipinski definition) is 4. The van der Waals surface area contributed by atoms with Crippen LogP contribution < -0.4 is 10.1 Å². The van der Waals surface area contributed by atoms with Crippen LogP contribution in [0.15, 0.2) is 42.5 Å². The molecule has 30 heavy (non-hydrogen) atoms. The van der Waals surface area contributed by atoms with Crippen LogP contribution in [0.25, 0.3) is 0 Å². The third-order valence-corrected chi connectivity index (χ3v) is 5.40. The van der Waals surface area contributed by atoms with Gasteiger partial charge in [0.1, 0.15) is 5.75 Å². The molecular formula is C23H26ClNO5. The molecule has 0 spiro atoms. The van der Waals surface area contributed by atoms with Crippen LogP contribution in [0.4, 0.5) is 0 Å². The van der Waals surface area contributed by atoms with E-state index in [2.05, 4.69) is 5.32 Å². The molecule has 0 aromatic heterocycles. The van der Waals surface area contributed by atoms with E-state index in [1.807, 2.05) is 44.2 Å². The zero-order chi connectivity index (χ0) is 21.9. The second kappa shape index (κ2) is 9.06. The summed E-state index contributed by atoms with van der Waals surface area (Å²) in [6, 6.07) is 13.1. The van der Waals surface area contributed by atoms with Gasteiger partial charge in [-0.15, -0.1) is 0 Å². The molecule has 3 atom stereocenters. The molecule has 160 valence electrons. The van der Waals surface area contributed by atoms with Gasteiger partial charge in [0.2, 0.25) is 5.91 Å². The highest BCUT2D eigenvalue weighted by atomic mass is 35.5. The van der Waals surface area contributed by atoms with Crippen LogP contribution in [-0.2, 0) is 14.3 Å². The molecule has 1 heterocycles. The molecule has 3 rings (SSSR count). The van der Waals surface area contributed by atoms with Crippen LogP contribution in [0.5, 0.6) is 5.75 Å². The first kappa shape index (κ1) is 22.1. The van der Waals surface area contributed by atoms with Gasteiger partial charge in [-0.3, -0.25) is 4.79 Å². The standard InChI is InChI=1S/C23H26ClNO5/c1-14-7-8-18(19(9-14)29-13-22(27)28)21-12-23(3,25-15(2)26)11-20(30-21)16-5-4-6-17(24)10-16/h4-10,20-21H,11-13H2,1-3H3,(H,25,26)(H,27,28)/t20-,21+,23+/m0/s1. The summed E-state index contributed by atoms with van der Waals surface area (Å²) in [6.45, 7) is 4.96. The van der Waals surface area contributed by atoms with E-state index in [-0.39, 0.29) is 12.0 Å². The topological polar surface area (TPSA) is 84.9 Å². The van der Waals surface area contributed by atoms with Gasteiger partial charge < -0.3 is 19.9 Å². The minimum atomic E-state index is -1.05. The van der Waals surface area contributed by atoms with Crippen LogP contribution >= 0.6 is 11.6 Å². The molecule has 1 aliphatic rings. The molecule has 1 saturated heterocycles. The second-order valence-corrected chi connectivity index (χ2v) is 8.48. The molecule has 2 N–H and O–H groups in total. The maximum atomic E-state index is 11.9. The van der Waals surface area contributed by atoms with Crippen molar-refractivity contribution in [1.82, 2.24) is 5.32 Å². The first-order valence-corrected chi connectivity index (χ1v) is 10.2. The number of benzene rings is 2. The van der Waals surface area contributed by atoms with Gasteiger partial charge in [0.15, 0.2) is 6.61 Å². The van der Waals surface area contributed by atoms with Crippen LogP contribution in [0.2, 0.25) is 5.02 Å². The SMILES string of the molecule is CC(=O)N[C@]1(C)C[C@@H](c2cccc(Cl)c2)O[C@@H](c2ccc(C)cc2OCC(=O)O)C1. The Morgan fingerprint density at radius 3 is 2.63 bits per heavy atom. The Bertz CT molecular complexity index is 947. The second-order valence-electron chi connectivity index (χ2n) is 8.04. The molecule has 7 heteroatoms. The van der Waals surface area contributed by atoms with Crippen LogP contribution in [-0.4, -0.2) is 29.1 Å². The van der Waals surface area contributed by atoms with Crippen LogP contribution in [0, 0.1) is 6.92 Å². The molecule has 1 fully saturated rings. The largest absolute Gasteiger partial charge is 0.482 e. The molecule has 2 aromatic carbocycles. The molecular weight excluding hydrogens is 406 g/mol. The number of carbonyl (C=O) groups excluding carboxylic acids is 1. The smallest absolute Gasteiger partial charge is 0.341 e. The number of carbonyl (C=O) groups is 2. The number of aliphatic carboxylic acids is 1. The lowest BCUT2D eigenvalue weighted by Gasteiger charge is -2.43. The summed E-state index contributed by atoms with van der Waals surface area (Å²) < 4.78 is 12.0. The molecule has 1 amide bonds. The minimum absolute atomic E-state index is 0.116. The van der Waals surface area contributed by atoms with E-state index in [0.717, 1.165) is 16.7 Å². The van der Waals surface area contributed by atoms with Crippen molar-refractivity contribution in [3.8, 4) is 5.75 Å². The van der Waals surface area contributed by atoms with Crippen molar-refractivity contribution in [2.75, 3.05) is 6.61 Å². The maximum Gasteiger partial charge on any atom is 0.341 e. The lowest BCUT2D eigenvalue weighted by Crippen LogP contribution is -2.50. The molecule has 0 aliphatic carbocycles. The Balaban J connectivity index is 1.98. The Morgan fingerprint density at radius 2 is 1.97 bits per heavy atom. The van der Waals surface area contributed by atoms with Crippen molar-refractivity contribution in [3.05, 3.63) is 64.2 Å². The van der Waals surface area contributed by atoms with Gasteiger partial charge in [0, 0.05) is 35.9 Å². The third kappa shape index (κ3) is 5.52. The number of carboxylic acids is 1. The molecule has 0 radical (unpaired) electrons. The Kier molecular flexibility index (Phi) is 6.68. The summed E-state index contributed by atoms with van der Waals surface area (Å²) in [5.74, 6) is -0.694. The van der Waals surface area contributed by atoms with E-state index >= 15 is 0 Å². The summed E-state index contributed by atoms with van der Waals surface area (Å²) in [5, 5.41) is 12.7. The van der Waals surface area contributed by atoms with E-state index in [0.29, 0.717) is 23.6 Å². The Morgan fingerprint density at radius 1 is 1.23 bits per heavy atom. The average molecular weight is 432 g/mol. The molecule has 0 bridgehead atoms. The molecule has 2 aromatic rings. The minimum Gasteiger partial charge on any atom is -0.482 e. The predicted octanol–water partition coefficient (Wildman–Crippen LogP) is 4.60. The number of nitrogens with one attached hydrogen (secondary N) is 1. The molecule has 1 aliphatic heterocycles. The summed E-state index contributed by atoms with van der Waals surface area (Å²) in [7, 11) is 0. The van der Waals surface area contributed by atoms with Crippen molar-refractivity contribution >= 4 is 23.5 Å². The quantitative estimate of drug-likeness (QED) is 0.698. The van der Waals surface area contributed by atoms with Crippen molar-refractivity contribution in [1.29, 1.82) is 0 Å². The number of aryl methyl sites for hydroxylation is 1. The number of ether oxygens (including phenoxy) is 2. The van der Waals surface area contributed by atoms with E-state index in [1.165, 1.54) is 6.92 Å². The lowest BCUT2D eigenvalue weighted by atomic mass is 9.81. The van der Waals surface area contributed by atoms with E-state index in [4.69, 9.17) is 26.2 Å². The highest BCUT2D eigenvalue weighted by molar-refractivity contribution is 6.30. The first-order valence-electron chi connectivity index (χ1n) is 9.80. The van der Waals surface area contributed by atoms with Gasteiger partial charge >= 0.3 is 5.97 Å². The summed E-state index contributed by atoms with van der Waals surface area (Å²) in [4.78, 5) is 22.9. The van der Waals surface area contributed by atoms with Gasteiger partial charge in [-0.05, 0) is 43.2 Å². The monoisotopic (exact) mass is 431 g/mol. The van der Waals surface area contributed by atoms with Crippen LogP contribution in [0.3, 0.4) is 0 Å². The van der Waals surface area contributed by atoms with Gasteiger partial charge in [0.25, 0.3) is 0 Å². The zero-order valence-electron chi connectivity index (χ0n) is 17.3. The fourth-order valence-corrected chi connectivity index (χ4v) is 4.18. The van der Waals surface area contributed by atoms with Crippen molar-refractivity contribution in [2.24, 2.45) is 0 Å². The van der Waals surface area contributed by atoms with E-state index in [1.54, 1.807) is 12.1 Å². The molecule has 0 unspecified atom stereocenters. The highest BCUT2D eigenvalue weighted by Crippen LogP contribution is 2.46. The maximum absolute atomic E-state index is 11.9. The Labute approximate surface area is 181 Å². The molecule has 0 saturated carbocycles. The van der Waals surface area contributed by atoms with E-state index < -0.39 is 24.2 Å². The fraction of sp³-hybridized carbons (Fsp3) is 0.391. The third-order valence-electron chi connectivity index (χ3n) is 5.17. The van der Waals surface area contributed by atoms with Gasteiger partial charge in [-0.2, -0.15) is 0 Å². The fourth-order valence-electron chi connectivity index (χ4n) is 3.98. The van der Waals surface area contributed by atoms with Crippen molar-refractivity contribution in [3.63, 3.8) is 0 Å².